The van der Waals surface area contributed by atoms with E-state index in [-0.39, 0.29) is 29.3 Å². The Bertz CT molecular complexity index is 1280. The van der Waals surface area contributed by atoms with E-state index in [0.29, 0.717) is 23.5 Å². The summed E-state index contributed by atoms with van der Waals surface area (Å²) in [5.41, 5.74) is 0.907. The van der Waals surface area contributed by atoms with Crippen molar-refractivity contribution in [2.24, 2.45) is 0 Å². The number of carboxylic acid groups (broad SMARTS) is 1. The zero-order chi connectivity index (χ0) is 25.5. The summed E-state index contributed by atoms with van der Waals surface area (Å²) in [6, 6.07) is 14.0. The second kappa shape index (κ2) is 11.5. The second-order valence-electron chi connectivity index (χ2n) is 8.27. The Hall–Kier alpha value is -3.47. The van der Waals surface area contributed by atoms with Crippen LogP contribution in [0.5, 0.6) is 5.75 Å². The van der Waals surface area contributed by atoms with Crippen LogP contribution in [-0.2, 0) is 32.6 Å². The van der Waals surface area contributed by atoms with E-state index < -0.39 is 22.3 Å². The van der Waals surface area contributed by atoms with E-state index in [4.69, 9.17) is 14.2 Å². The standard InChI is InChI=1S/C26H28N2O7S/c1-33-21-10-12-22(13-11-21)36(31,32)28(17-19-6-5-14-27-16-19)25-20(7-4-8-23(25)26(29)30)18-35-24-9-2-3-15-34-24/h4-8,10-14,16,24H,2-3,9,15,17-18H2,1H3,(H,29,30). The van der Waals surface area contributed by atoms with Gasteiger partial charge in [-0.2, -0.15) is 0 Å². The minimum atomic E-state index is -4.20. The van der Waals surface area contributed by atoms with Gasteiger partial charge < -0.3 is 19.3 Å². The first kappa shape index (κ1) is 25.6. The number of nitrogens with zero attached hydrogens (tertiary/aromatic N) is 2. The number of aromatic carboxylic acids is 1. The first-order valence-electron chi connectivity index (χ1n) is 11.5. The van der Waals surface area contributed by atoms with Crippen LogP contribution in [0.2, 0.25) is 0 Å². The average molecular weight is 513 g/mol. The van der Waals surface area contributed by atoms with Crippen LogP contribution in [0.15, 0.2) is 71.9 Å². The van der Waals surface area contributed by atoms with Crippen LogP contribution < -0.4 is 9.04 Å². The molecule has 2 heterocycles. The van der Waals surface area contributed by atoms with Gasteiger partial charge in [0.2, 0.25) is 0 Å². The molecule has 2 aromatic carbocycles. The summed E-state index contributed by atoms with van der Waals surface area (Å²) < 4.78 is 45.8. The summed E-state index contributed by atoms with van der Waals surface area (Å²) in [6.45, 7) is 0.452. The van der Waals surface area contributed by atoms with E-state index in [1.54, 1.807) is 48.8 Å². The fraction of sp³-hybridized carbons (Fsp3) is 0.308. The third-order valence-electron chi connectivity index (χ3n) is 5.86. The number of sulfonamides is 1. The molecule has 0 saturated carbocycles. The van der Waals surface area contributed by atoms with Gasteiger partial charge in [-0.05, 0) is 61.2 Å². The summed E-state index contributed by atoms with van der Waals surface area (Å²) in [6.07, 6.45) is 5.35. The minimum Gasteiger partial charge on any atom is -0.497 e. The maximum absolute atomic E-state index is 14.0. The lowest BCUT2D eigenvalue weighted by Crippen LogP contribution is -2.33. The SMILES string of the molecule is COc1ccc(S(=O)(=O)N(Cc2cccnc2)c2c(COC3CCCCO3)cccc2C(=O)O)cc1. The fourth-order valence-corrected chi connectivity index (χ4v) is 5.53. The van der Waals surface area contributed by atoms with Crippen LogP contribution in [0.25, 0.3) is 0 Å². The molecule has 3 aromatic rings. The number of pyridine rings is 1. The minimum absolute atomic E-state index is 0.00476. The molecule has 9 nitrogen and oxygen atoms in total. The lowest BCUT2D eigenvalue weighted by atomic mass is 10.1. The van der Waals surface area contributed by atoms with Crippen molar-refractivity contribution in [2.45, 2.75) is 43.6 Å². The molecule has 1 N–H and O–H groups in total. The number of hydrogen-bond donors (Lipinski definition) is 1. The van der Waals surface area contributed by atoms with Gasteiger partial charge in [-0.15, -0.1) is 0 Å². The van der Waals surface area contributed by atoms with Gasteiger partial charge in [0.1, 0.15) is 5.75 Å². The van der Waals surface area contributed by atoms with Crippen molar-refractivity contribution in [1.82, 2.24) is 4.98 Å². The van der Waals surface area contributed by atoms with Gasteiger partial charge in [-0.1, -0.05) is 18.2 Å². The number of anilines is 1. The number of hydrogen-bond acceptors (Lipinski definition) is 7. The molecule has 0 spiro atoms. The second-order valence-corrected chi connectivity index (χ2v) is 10.1. The molecular formula is C26H28N2O7S. The maximum atomic E-state index is 14.0. The highest BCUT2D eigenvalue weighted by molar-refractivity contribution is 7.92. The molecule has 4 rings (SSSR count). The van der Waals surface area contributed by atoms with Gasteiger partial charge in [0.05, 0.1) is 36.4 Å². The molecule has 1 fully saturated rings. The van der Waals surface area contributed by atoms with Crippen LogP contribution in [0.1, 0.15) is 40.7 Å². The van der Waals surface area contributed by atoms with Gasteiger partial charge in [-0.3, -0.25) is 9.29 Å². The lowest BCUT2D eigenvalue weighted by Gasteiger charge is -2.29. The highest BCUT2D eigenvalue weighted by atomic mass is 32.2. The third-order valence-corrected chi connectivity index (χ3v) is 7.62. The number of benzene rings is 2. The molecule has 1 aliphatic heterocycles. The Morgan fingerprint density at radius 2 is 1.94 bits per heavy atom. The molecule has 1 saturated heterocycles. The Morgan fingerprint density at radius 1 is 1.14 bits per heavy atom. The van der Waals surface area contributed by atoms with Crippen molar-refractivity contribution >= 4 is 21.7 Å². The molecular weight excluding hydrogens is 484 g/mol. The average Bonchev–Trinajstić information content (AvgIpc) is 2.91. The molecule has 10 heteroatoms. The van der Waals surface area contributed by atoms with Gasteiger partial charge >= 0.3 is 5.97 Å². The zero-order valence-electron chi connectivity index (χ0n) is 19.9. The topological polar surface area (TPSA) is 115 Å². The van der Waals surface area contributed by atoms with E-state index in [1.807, 2.05) is 0 Å². The quantitative estimate of drug-likeness (QED) is 0.429. The Labute approximate surface area is 210 Å². The molecule has 1 unspecified atom stereocenters. The van der Waals surface area contributed by atoms with E-state index in [0.717, 1.165) is 23.6 Å². The first-order valence-corrected chi connectivity index (χ1v) is 13.0. The summed E-state index contributed by atoms with van der Waals surface area (Å²) >= 11 is 0. The molecule has 0 aliphatic carbocycles. The molecule has 190 valence electrons. The van der Waals surface area contributed by atoms with Gasteiger partial charge in [-0.25, -0.2) is 13.2 Å². The van der Waals surface area contributed by atoms with Crippen molar-refractivity contribution in [3.63, 3.8) is 0 Å². The normalized spacial score (nSPS) is 15.9. The molecule has 1 aliphatic rings. The molecule has 0 radical (unpaired) electrons. The number of carboxylic acids is 1. The van der Waals surface area contributed by atoms with E-state index in [1.165, 1.54) is 25.3 Å². The van der Waals surface area contributed by atoms with E-state index in [2.05, 4.69) is 4.98 Å². The van der Waals surface area contributed by atoms with Crippen molar-refractivity contribution < 1.29 is 32.5 Å². The molecule has 0 bridgehead atoms. The van der Waals surface area contributed by atoms with Gasteiger partial charge in [0, 0.05) is 24.6 Å². The number of para-hydroxylation sites is 1. The van der Waals surface area contributed by atoms with E-state index in [9.17, 15) is 18.3 Å². The third kappa shape index (κ3) is 5.84. The van der Waals surface area contributed by atoms with Crippen LogP contribution >= 0.6 is 0 Å². The maximum Gasteiger partial charge on any atom is 0.337 e. The summed E-state index contributed by atoms with van der Waals surface area (Å²) in [4.78, 5) is 16.4. The van der Waals surface area contributed by atoms with Crippen molar-refractivity contribution in [3.8, 4) is 5.75 Å². The number of rotatable bonds is 10. The van der Waals surface area contributed by atoms with Crippen molar-refractivity contribution in [2.75, 3.05) is 18.0 Å². The smallest absolute Gasteiger partial charge is 0.337 e. The highest BCUT2D eigenvalue weighted by Gasteiger charge is 2.31. The molecule has 0 amide bonds. The molecule has 36 heavy (non-hydrogen) atoms. The van der Waals surface area contributed by atoms with Crippen LogP contribution in [-0.4, -0.2) is 44.5 Å². The monoisotopic (exact) mass is 512 g/mol. The Kier molecular flexibility index (Phi) is 8.19. The predicted molar refractivity (Wildman–Crippen MR) is 132 cm³/mol. The van der Waals surface area contributed by atoms with Crippen LogP contribution in [0, 0.1) is 0 Å². The first-order chi connectivity index (χ1) is 17.4. The number of aromatic nitrogens is 1. The predicted octanol–water partition coefficient (Wildman–Crippen LogP) is 4.23. The summed E-state index contributed by atoms with van der Waals surface area (Å²) in [7, 11) is -2.71. The highest BCUT2D eigenvalue weighted by Crippen LogP contribution is 2.34. The number of carbonyl (C=O) groups is 1. The number of ether oxygens (including phenoxy) is 3. The van der Waals surface area contributed by atoms with Crippen LogP contribution in [0.3, 0.4) is 0 Å². The van der Waals surface area contributed by atoms with Gasteiger partial charge in [0.15, 0.2) is 6.29 Å². The Morgan fingerprint density at radius 3 is 2.58 bits per heavy atom. The van der Waals surface area contributed by atoms with Crippen LogP contribution in [0.4, 0.5) is 5.69 Å². The van der Waals surface area contributed by atoms with Gasteiger partial charge in [0.25, 0.3) is 10.0 Å². The van der Waals surface area contributed by atoms with Crippen molar-refractivity contribution in [3.05, 3.63) is 83.7 Å². The van der Waals surface area contributed by atoms with E-state index >= 15 is 0 Å². The molecule has 1 aromatic heterocycles. The fourth-order valence-electron chi connectivity index (χ4n) is 4.02. The molecule has 1 atom stereocenters. The lowest BCUT2D eigenvalue weighted by molar-refractivity contribution is -0.168. The summed E-state index contributed by atoms with van der Waals surface area (Å²) in [5, 5.41) is 10.0. The summed E-state index contributed by atoms with van der Waals surface area (Å²) in [5.74, 6) is -0.748. The Balaban J connectivity index is 1.81. The largest absolute Gasteiger partial charge is 0.497 e. The zero-order valence-corrected chi connectivity index (χ0v) is 20.7. The van der Waals surface area contributed by atoms with Crippen molar-refractivity contribution in [1.29, 1.82) is 0 Å². The number of methoxy groups -OCH3 is 1.